The van der Waals surface area contributed by atoms with Crippen LogP contribution in [0.5, 0.6) is 17.4 Å². The van der Waals surface area contributed by atoms with E-state index in [9.17, 15) is 4.39 Å². The molecule has 28 heavy (non-hydrogen) atoms. The molecule has 0 aliphatic carbocycles. The number of rotatable bonds is 5. The molecule has 0 aliphatic heterocycles. The number of nitrogens with zero attached hydrogens (tertiary/aromatic N) is 3. The van der Waals surface area contributed by atoms with Crippen molar-refractivity contribution in [1.82, 2.24) is 19.6 Å². The van der Waals surface area contributed by atoms with Crippen LogP contribution in [0.25, 0.3) is 16.4 Å². The van der Waals surface area contributed by atoms with E-state index in [1.807, 2.05) is 27.6 Å². The molecule has 0 fully saturated rings. The van der Waals surface area contributed by atoms with Gasteiger partial charge in [0, 0.05) is 22.2 Å². The maximum Gasteiger partial charge on any atom is 0.247 e. The zero-order chi connectivity index (χ0) is 20.3. The molecule has 0 unspecified atom stereocenters. The normalized spacial score (nSPS) is 10.7. The Bertz CT molecular complexity index is 1120. The van der Waals surface area contributed by atoms with Crippen molar-refractivity contribution in [1.29, 1.82) is 0 Å². The maximum atomic E-state index is 14.8. The molecule has 3 aromatic heterocycles. The predicted molar refractivity (Wildman–Crippen MR) is 104 cm³/mol. The summed E-state index contributed by atoms with van der Waals surface area (Å²) in [6.07, 6.45) is 4.06. The van der Waals surface area contributed by atoms with Crippen LogP contribution in [0.15, 0.2) is 30.7 Å². The number of halogens is 1. The van der Waals surface area contributed by atoms with Gasteiger partial charge in [0.2, 0.25) is 5.88 Å². The molecule has 8 heteroatoms. The topological polar surface area (TPSA) is 81.5 Å². The Balaban J connectivity index is 0.00000109. The standard InChI is InChI=1S/C19H19FN4O2.CH2O/c1-4-7-25-16-9-24-18(12(16)3)19(21-10-22-24)26-15-6-5-14-13(17(15)20)8-11(2)23-14;1-2/h5-6,8-10,23H,4,7H2,1-3H3;1H2. The van der Waals surface area contributed by atoms with Crippen molar-refractivity contribution in [3.63, 3.8) is 0 Å². The highest BCUT2D eigenvalue weighted by molar-refractivity contribution is 5.83. The Morgan fingerprint density at radius 2 is 2.04 bits per heavy atom. The average Bonchev–Trinajstić information content (AvgIpc) is 3.24. The number of carbonyl (C=O) groups excluding carboxylic acids is 1. The molecule has 0 spiro atoms. The number of aromatic nitrogens is 4. The first-order valence-corrected chi connectivity index (χ1v) is 8.78. The lowest BCUT2D eigenvalue weighted by molar-refractivity contribution is -0.0979. The number of aromatic amines is 1. The molecular weight excluding hydrogens is 363 g/mol. The summed E-state index contributed by atoms with van der Waals surface area (Å²) in [4.78, 5) is 15.3. The molecule has 1 N–H and O–H groups in total. The van der Waals surface area contributed by atoms with Crippen LogP contribution >= 0.6 is 0 Å². The molecule has 0 amide bonds. The van der Waals surface area contributed by atoms with E-state index >= 15 is 0 Å². The summed E-state index contributed by atoms with van der Waals surface area (Å²) in [5.41, 5.74) is 3.13. The lowest BCUT2D eigenvalue weighted by atomic mass is 10.2. The number of ether oxygens (including phenoxy) is 2. The molecule has 0 bridgehead atoms. The molecule has 4 rings (SSSR count). The molecule has 0 aliphatic rings. The van der Waals surface area contributed by atoms with Gasteiger partial charge in [-0.25, -0.2) is 8.91 Å². The molecule has 146 valence electrons. The minimum Gasteiger partial charge on any atom is -0.492 e. The molecule has 0 radical (unpaired) electrons. The van der Waals surface area contributed by atoms with Gasteiger partial charge in [0.05, 0.1) is 12.8 Å². The Kier molecular flexibility index (Phi) is 5.58. The summed E-state index contributed by atoms with van der Waals surface area (Å²) < 4.78 is 28.0. The van der Waals surface area contributed by atoms with Crippen molar-refractivity contribution in [3.05, 3.63) is 47.8 Å². The Labute approximate surface area is 161 Å². The summed E-state index contributed by atoms with van der Waals surface area (Å²) in [7, 11) is 0. The van der Waals surface area contributed by atoms with E-state index in [0.717, 1.165) is 28.9 Å². The highest BCUT2D eigenvalue weighted by Crippen LogP contribution is 2.34. The minimum absolute atomic E-state index is 0.119. The van der Waals surface area contributed by atoms with Crippen LogP contribution in [-0.2, 0) is 4.79 Å². The van der Waals surface area contributed by atoms with Gasteiger partial charge >= 0.3 is 0 Å². The number of nitrogens with one attached hydrogen (secondary N) is 1. The highest BCUT2D eigenvalue weighted by atomic mass is 19.1. The first kappa shape index (κ1) is 19.3. The molecule has 7 nitrogen and oxygen atoms in total. The fourth-order valence-electron chi connectivity index (χ4n) is 3.01. The number of carbonyl (C=O) groups is 1. The summed E-state index contributed by atoms with van der Waals surface area (Å²) in [5.74, 6) is 0.702. The second-order valence-corrected chi connectivity index (χ2v) is 6.22. The zero-order valence-corrected chi connectivity index (χ0v) is 16.0. The van der Waals surface area contributed by atoms with E-state index in [2.05, 4.69) is 15.1 Å². The van der Waals surface area contributed by atoms with Crippen LogP contribution in [0.2, 0.25) is 0 Å². The smallest absolute Gasteiger partial charge is 0.247 e. The zero-order valence-electron chi connectivity index (χ0n) is 16.0. The number of benzene rings is 1. The first-order chi connectivity index (χ1) is 13.6. The second-order valence-electron chi connectivity index (χ2n) is 6.22. The van der Waals surface area contributed by atoms with Crippen LogP contribution in [0.4, 0.5) is 4.39 Å². The SMILES string of the molecule is C=O.CCCOc1cn2ncnc(Oc3ccc4[nH]c(C)cc4c3F)c2c1C. The quantitative estimate of drug-likeness (QED) is 0.553. The molecular formula is C20H21FN4O3. The van der Waals surface area contributed by atoms with Crippen molar-refractivity contribution >= 4 is 23.2 Å². The lowest BCUT2D eigenvalue weighted by Crippen LogP contribution is -1.98. The van der Waals surface area contributed by atoms with Crippen LogP contribution in [0, 0.1) is 19.7 Å². The molecule has 4 aromatic rings. The van der Waals surface area contributed by atoms with Gasteiger partial charge in [0.1, 0.15) is 24.4 Å². The number of aryl methyl sites for hydroxylation is 2. The molecule has 0 atom stereocenters. The van der Waals surface area contributed by atoms with E-state index in [1.54, 1.807) is 28.9 Å². The highest BCUT2D eigenvalue weighted by Gasteiger charge is 2.18. The van der Waals surface area contributed by atoms with Gasteiger partial charge in [0.25, 0.3) is 0 Å². The molecule has 0 saturated carbocycles. The number of hydrogen-bond donors (Lipinski definition) is 1. The fraction of sp³-hybridized carbons (Fsp3) is 0.250. The van der Waals surface area contributed by atoms with Crippen LogP contribution < -0.4 is 9.47 Å². The summed E-state index contributed by atoms with van der Waals surface area (Å²) in [5, 5.41) is 4.69. The van der Waals surface area contributed by atoms with Gasteiger partial charge < -0.3 is 19.3 Å². The van der Waals surface area contributed by atoms with Crippen molar-refractivity contribution in [2.24, 2.45) is 0 Å². The van der Waals surface area contributed by atoms with Gasteiger partial charge in [-0.1, -0.05) is 6.92 Å². The Morgan fingerprint density at radius 1 is 1.25 bits per heavy atom. The second kappa shape index (κ2) is 8.08. The van der Waals surface area contributed by atoms with E-state index in [0.29, 0.717) is 17.5 Å². The van der Waals surface area contributed by atoms with Crippen molar-refractivity contribution in [2.75, 3.05) is 6.61 Å². The van der Waals surface area contributed by atoms with E-state index in [4.69, 9.17) is 14.3 Å². The Morgan fingerprint density at radius 3 is 2.79 bits per heavy atom. The van der Waals surface area contributed by atoms with Crippen molar-refractivity contribution in [3.8, 4) is 17.4 Å². The third-order valence-electron chi connectivity index (χ3n) is 4.25. The fourth-order valence-corrected chi connectivity index (χ4v) is 3.01. The molecule has 3 heterocycles. The van der Waals surface area contributed by atoms with Crippen LogP contribution in [0.3, 0.4) is 0 Å². The summed E-state index contributed by atoms with van der Waals surface area (Å²) in [6, 6.07) is 5.14. The van der Waals surface area contributed by atoms with Crippen LogP contribution in [-0.4, -0.2) is 33.0 Å². The van der Waals surface area contributed by atoms with Crippen molar-refractivity contribution in [2.45, 2.75) is 27.2 Å². The molecule has 1 aromatic carbocycles. The van der Waals surface area contributed by atoms with Gasteiger partial charge in [-0.2, -0.15) is 10.1 Å². The summed E-state index contributed by atoms with van der Waals surface area (Å²) in [6.45, 7) is 8.45. The first-order valence-electron chi connectivity index (χ1n) is 8.78. The predicted octanol–water partition coefficient (Wildman–Crippen LogP) is 4.36. The van der Waals surface area contributed by atoms with Gasteiger partial charge in [-0.15, -0.1) is 0 Å². The molecule has 0 saturated heterocycles. The third-order valence-corrected chi connectivity index (χ3v) is 4.25. The van der Waals surface area contributed by atoms with E-state index < -0.39 is 5.82 Å². The third kappa shape index (κ3) is 3.40. The minimum atomic E-state index is -0.421. The summed E-state index contributed by atoms with van der Waals surface area (Å²) >= 11 is 0. The number of hydrogen-bond acceptors (Lipinski definition) is 5. The monoisotopic (exact) mass is 384 g/mol. The van der Waals surface area contributed by atoms with Crippen LogP contribution in [0.1, 0.15) is 24.6 Å². The van der Waals surface area contributed by atoms with Gasteiger partial charge in [-0.3, -0.25) is 0 Å². The maximum absolute atomic E-state index is 14.8. The van der Waals surface area contributed by atoms with E-state index in [-0.39, 0.29) is 11.6 Å². The van der Waals surface area contributed by atoms with Crippen molar-refractivity contribution < 1.29 is 18.7 Å². The number of H-pyrrole nitrogens is 1. The largest absolute Gasteiger partial charge is 0.492 e. The Hall–Kier alpha value is -3.42. The van der Waals surface area contributed by atoms with Gasteiger partial charge in [-0.05, 0) is 38.5 Å². The van der Waals surface area contributed by atoms with E-state index in [1.165, 1.54) is 6.33 Å². The average molecular weight is 384 g/mol. The van der Waals surface area contributed by atoms with Gasteiger partial charge in [0.15, 0.2) is 11.6 Å². The number of fused-ring (bicyclic) bond motifs is 2. The lowest BCUT2D eigenvalue weighted by Gasteiger charge is -2.08.